The Labute approximate surface area is 66.8 Å². The zero-order chi connectivity index (χ0) is 8.69. The molecule has 0 aromatic carbocycles. The lowest BCUT2D eigenvalue weighted by atomic mass is 10.4. The smallest absolute Gasteiger partial charge is 0.239 e. The van der Waals surface area contributed by atoms with Gasteiger partial charge in [0.05, 0.1) is 12.4 Å². The monoisotopic (exact) mass is 157 g/mol. The second-order valence-electron chi connectivity index (χ2n) is 2.23. The molecule has 0 heterocycles. The van der Waals surface area contributed by atoms with E-state index in [1.54, 1.807) is 0 Å². The molecule has 4 nitrogen and oxygen atoms in total. The third-order valence-electron chi connectivity index (χ3n) is 1.05. The van der Waals surface area contributed by atoms with Crippen LogP contribution in [0.25, 0.3) is 0 Å². The van der Waals surface area contributed by atoms with E-state index >= 15 is 0 Å². The molecule has 0 saturated carbocycles. The molecule has 0 aliphatic rings. The van der Waals surface area contributed by atoms with Crippen LogP contribution in [0.15, 0.2) is 12.4 Å². The number of hydrogen-bond acceptors (Lipinski definition) is 3. The summed E-state index contributed by atoms with van der Waals surface area (Å²) in [5.74, 6) is 0.259. The summed E-state index contributed by atoms with van der Waals surface area (Å²) in [7, 11) is 0. The summed E-state index contributed by atoms with van der Waals surface area (Å²) in [4.78, 5) is 10.8. The Morgan fingerprint density at radius 2 is 2.18 bits per heavy atom. The normalized spacial score (nSPS) is 8.82. The lowest BCUT2D eigenvalue weighted by Crippen LogP contribution is -2.35. The van der Waals surface area contributed by atoms with E-state index in [2.05, 4.69) is 17.2 Å². The number of nitrogens with two attached hydrogens (primary N) is 1. The lowest BCUT2D eigenvalue weighted by Gasteiger charge is -2.04. The fourth-order valence-electron chi connectivity index (χ4n) is 0.521. The van der Waals surface area contributed by atoms with Gasteiger partial charge in [0, 0.05) is 6.54 Å². The van der Waals surface area contributed by atoms with Crippen molar-refractivity contribution in [2.75, 3.05) is 13.1 Å². The summed E-state index contributed by atoms with van der Waals surface area (Å²) >= 11 is 0. The highest BCUT2D eigenvalue weighted by Crippen LogP contribution is 1.72. The van der Waals surface area contributed by atoms with E-state index < -0.39 is 0 Å². The van der Waals surface area contributed by atoms with Crippen LogP contribution in [-0.4, -0.2) is 19.0 Å². The van der Waals surface area contributed by atoms with Gasteiger partial charge in [-0.2, -0.15) is 0 Å². The van der Waals surface area contributed by atoms with Crippen LogP contribution in [0.2, 0.25) is 0 Å². The van der Waals surface area contributed by atoms with Crippen LogP contribution in [0, 0.1) is 0 Å². The first kappa shape index (κ1) is 9.81. The minimum absolute atomic E-state index is 0.0570. The van der Waals surface area contributed by atoms with Gasteiger partial charge in [-0.1, -0.05) is 13.5 Å². The van der Waals surface area contributed by atoms with Crippen LogP contribution >= 0.6 is 0 Å². The highest BCUT2D eigenvalue weighted by atomic mass is 16.1. The predicted molar refractivity (Wildman–Crippen MR) is 44.6 cm³/mol. The van der Waals surface area contributed by atoms with Gasteiger partial charge < -0.3 is 16.4 Å². The van der Waals surface area contributed by atoms with Gasteiger partial charge in [0.15, 0.2) is 0 Å². The SMILES string of the molecule is C=C(N)NCC(=O)NCCC. The zero-order valence-electron chi connectivity index (χ0n) is 6.81. The molecule has 4 N–H and O–H groups in total. The molecule has 0 aromatic heterocycles. The van der Waals surface area contributed by atoms with Crippen molar-refractivity contribution in [1.29, 1.82) is 0 Å². The van der Waals surface area contributed by atoms with E-state index in [0.717, 1.165) is 6.42 Å². The van der Waals surface area contributed by atoms with Gasteiger partial charge in [0.2, 0.25) is 5.91 Å². The minimum atomic E-state index is -0.0570. The molecular weight excluding hydrogens is 142 g/mol. The molecule has 11 heavy (non-hydrogen) atoms. The highest BCUT2D eigenvalue weighted by Gasteiger charge is 1.96. The summed E-state index contributed by atoms with van der Waals surface area (Å²) in [6.45, 7) is 6.30. The number of hydrogen-bond donors (Lipinski definition) is 3. The first-order valence-electron chi connectivity index (χ1n) is 3.61. The van der Waals surface area contributed by atoms with Gasteiger partial charge in [0.1, 0.15) is 0 Å². The molecule has 0 saturated heterocycles. The maximum Gasteiger partial charge on any atom is 0.239 e. The second kappa shape index (κ2) is 5.58. The predicted octanol–water partition coefficient (Wildman–Crippen LogP) is -0.468. The molecule has 0 radical (unpaired) electrons. The van der Waals surface area contributed by atoms with Gasteiger partial charge in [-0.3, -0.25) is 4.79 Å². The number of carbonyl (C=O) groups excluding carboxylic acids is 1. The van der Waals surface area contributed by atoms with Crippen LogP contribution in [-0.2, 0) is 4.79 Å². The van der Waals surface area contributed by atoms with E-state index in [-0.39, 0.29) is 12.5 Å². The molecule has 0 aliphatic heterocycles. The van der Waals surface area contributed by atoms with Crippen LogP contribution in [0.1, 0.15) is 13.3 Å². The van der Waals surface area contributed by atoms with E-state index in [0.29, 0.717) is 12.4 Å². The lowest BCUT2D eigenvalue weighted by molar-refractivity contribution is -0.120. The third-order valence-corrected chi connectivity index (χ3v) is 1.05. The fourth-order valence-corrected chi connectivity index (χ4v) is 0.521. The molecule has 64 valence electrons. The largest absolute Gasteiger partial charge is 0.386 e. The Morgan fingerprint density at radius 3 is 2.64 bits per heavy atom. The molecule has 0 fully saturated rings. The van der Waals surface area contributed by atoms with Crippen molar-refractivity contribution < 1.29 is 4.79 Å². The highest BCUT2D eigenvalue weighted by molar-refractivity contribution is 5.78. The van der Waals surface area contributed by atoms with Crippen LogP contribution in [0.4, 0.5) is 0 Å². The minimum Gasteiger partial charge on any atom is -0.386 e. The van der Waals surface area contributed by atoms with Crippen molar-refractivity contribution in [3.05, 3.63) is 12.4 Å². The first-order chi connectivity index (χ1) is 5.16. The van der Waals surface area contributed by atoms with Crippen molar-refractivity contribution in [3.8, 4) is 0 Å². The van der Waals surface area contributed by atoms with E-state index in [4.69, 9.17) is 5.73 Å². The van der Waals surface area contributed by atoms with Gasteiger partial charge in [-0.15, -0.1) is 0 Å². The Morgan fingerprint density at radius 1 is 1.55 bits per heavy atom. The molecule has 0 rings (SSSR count). The fraction of sp³-hybridized carbons (Fsp3) is 0.571. The van der Waals surface area contributed by atoms with Crippen molar-refractivity contribution in [3.63, 3.8) is 0 Å². The number of carbonyl (C=O) groups is 1. The maximum atomic E-state index is 10.8. The summed E-state index contributed by atoms with van der Waals surface area (Å²) in [5, 5.41) is 5.32. The van der Waals surface area contributed by atoms with Gasteiger partial charge in [-0.05, 0) is 6.42 Å². The van der Waals surface area contributed by atoms with Crippen molar-refractivity contribution >= 4 is 5.91 Å². The molecule has 0 bridgehead atoms. The average Bonchev–Trinajstić information content (AvgIpc) is 1.97. The van der Waals surface area contributed by atoms with E-state index in [1.165, 1.54) is 0 Å². The van der Waals surface area contributed by atoms with E-state index in [1.807, 2.05) is 6.92 Å². The Bertz CT molecular complexity index is 145. The second-order valence-corrected chi connectivity index (χ2v) is 2.23. The van der Waals surface area contributed by atoms with Crippen molar-refractivity contribution in [1.82, 2.24) is 10.6 Å². The summed E-state index contributed by atoms with van der Waals surface area (Å²) < 4.78 is 0. The van der Waals surface area contributed by atoms with Crippen LogP contribution in [0.5, 0.6) is 0 Å². The van der Waals surface area contributed by atoms with Crippen LogP contribution in [0.3, 0.4) is 0 Å². The number of nitrogens with one attached hydrogen (secondary N) is 2. The van der Waals surface area contributed by atoms with Gasteiger partial charge in [0.25, 0.3) is 0 Å². The average molecular weight is 157 g/mol. The van der Waals surface area contributed by atoms with Crippen molar-refractivity contribution in [2.45, 2.75) is 13.3 Å². The Balaban J connectivity index is 3.30. The summed E-state index contributed by atoms with van der Waals surface area (Å²) in [6.07, 6.45) is 0.940. The Kier molecular flexibility index (Phi) is 4.98. The van der Waals surface area contributed by atoms with Gasteiger partial charge >= 0.3 is 0 Å². The standard InChI is InChI=1S/C7H15N3O/c1-3-4-9-7(11)5-10-6(2)8/h10H,2-5,8H2,1H3,(H,9,11). The zero-order valence-corrected chi connectivity index (χ0v) is 6.81. The third kappa shape index (κ3) is 6.70. The molecule has 1 amide bonds. The topological polar surface area (TPSA) is 67.1 Å². The number of amides is 1. The maximum absolute atomic E-state index is 10.8. The molecule has 0 unspecified atom stereocenters. The quantitative estimate of drug-likeness (QED) is 0.505. The number of rotatable bonds is 5. The van der Waals surface area contributed by atoms with Gasteiger partial charge in [-0.25, -0.2) is 0 Å². The van der Waals surface area contributed by atoms with Crippen molar-refractivity contribution in [2.24, 2.45) is 5.73 Å². The first-order valence-corrected chi connectivity index (χ1v) is 3.61. The summed E-state index contributed by atoms with van der Waals surface area (Å²) in [6, 6.07) is 0. The molecular formula is C7H15N3O. The molecule has 4 heteroatoms. The van der Waals surface area contributed by atoms with E-state index in [9.17, 15) is 4.79 Å². The molecule has 0 aromatic rings. The Hall–Kier alpha value is -1.19. The molecule has 0 atom stereocenters. The summed E-state index contributed by atoms with van der Waals surface area (Å²) in [5.41, 5.74) is 5.18. The molecule has 0 spiro atoms. The molecule has 0 aliphatic carbocycles. The van der Waals surface area contributed by atoms with Crippen LogP contribution < -0.4 is 16.4 Å².